The summed E-state index contributed by atoms with van der Waals surface area (Å²) in [4.78, 5) is 0. The van der Waals surface area contributed by atoms with E-state index < -0.39 is 34.7 Å². The molecule has 8 nitrogen and oxygen atoms in total. The Balaban J connectivity index is 0.000000336. The molecular weight excluding hydrogens is 230 g/mol. The summed E-state index contributed by atoms with van der Waals surface area (Å²) in [6, 6.07) is 0. The molecule has 0 saturated carbocycles. The monoisotopic (exact) mass is 245 g/mol. The second-order valence-corrected chi connectivity index (χ2v) is 4.13. The molecule has 1 aliphatic heterocycles. The van der Waals surface area contributed by atoms with Crippen molar-refractivity contribution in [2.45, 2.75) is 31.3 Å². The van der Waals surface area contributed by atoms with Crippen LogP contribution in [0.3, 0.4) is 0 Å². The first-order chi connectivity index (χ1) is 6.63. The molecule has 1 saturated heterocycles. The van der Waals surface area contributed by atoms with Crippen LogP contribution in [0.25, 0.3) is 0 Å². The highest BCUT2D eigenvalue weighted by molar-refractivity contribution is 7.83. The van der Waals surface area contributed by atoms with Crippen LogP contribution in [0.2, 0.25) is 0 Å². The summed E-state index contributed by atoms with van der Waals surface area (Å²) in [6.07, 6.45) is -3.38. The third-order valence-electron chi connectivity index (χ3n) is 1.75. The van der Waals surface area contributed by atoms with Crippen molar-refractivity contribution in [1.82, 2.24) is 0 Å². The van der Waals surface area contributed by atoms with Crippen LogP contribution in [0, 0.1) is 0 Å². The van der Waals surface area contributed by atoms with Gasteiger partial charge in [-0.1, -0.05) is 0 Å². The normalized spacial score (nSPS) is 36.7. The highest BCUT2D eigenvalue weighted by Crippen LogP contribution is 2.14. The minimum atomic E-state index is -4.17. The molecule has 0 radical (unpaired) electrons. The number of rotatable bonds is 0. The van der Waals surface area contributed by atoms with Crippen LogP contribution in [0.5, 0.6) is 0 Å². The second kappa shape index (κ2) is 5.70. The molecule has 1 rings (SSSR count). The molecule has 0 amide bonds. The van der Waals surface area contributed by atoms with E-state index in [0.29, 0.717) is 0 Å². The molecule has 0 aromatic carbocycles. The van der Waals surface area contributed by atoms with Gasteiger partial charge in [-0.3, -0.25) is 4.55 Å². The lowest BCUT2D eigenvalue weighted by Crippen LogP contribution is -2.51. The first-order valence-electron chi connectivity index (χ1n) is 4.04. The van der Waals surface area contributed by atoms with Gasteiger partial charge in [-0.25, -0.2) is 5.14 Å². The standard InChI is InChI=1S/C6H12O4.H3NO3S/c1-3-5(8)6(9)4(7)2-10-3;1-5(2,3)4/h3-9H,2H2,1H3;(H3,1,2,3,4)/t3-,4+,5-,6-;/m1./s1. The minimum Gasteiger partial charge on any atom is -0.388 e. The molecule has 0 spiro atoms. The lowest BCUT2D eigenvalue weighted by molar-refractivity contribution is -0.181. The Morgan fingerprint density at radius 2 is 1.67 bits per heavy atom. The van der Waals surface area contributed by atoms with E-state index in [1.165, 1.54) is 0 Å². The Morgan fingerprint density at radius 3 is 2.00 bits per heavy atom. The number of hydrogen-bond donors (Lipinski definition) is 5. The van der Waals surface area contributed by atoms with E-state index in [9.17, 15) is 0 Å². The van der Waals surface area contributed by atoms with Gasteiger partial charge < -0.3 is 20.1 Å². The van der Waals surface area contributed by atoms with Gasteiger partial charge in [-0.2, -0.15) is 8.42 Å². The molecule has 15 heavy (non-hydrogen) atoms. The molecule has 0 unspecified atom stereocenters. The summed E-state index contributed by atoms with van der Waals surface area (Å²) in [6.45, 7) is 1.75. The maximum atomic E-state index is 9.08. The Labute approximate surface area is 87.2 Å². The number of aliphatic hydroxyl groups excluding tert-OH is 3. The molecule has 92 valence electrons. The number of ether oxygens (including phenoxy) is 1. The van der Waals surface area contributed by atoms with Crippen molar-refractivity contribution in [3.8, 4) is 0 Å². The molecule has 1 heterocycles. The lowest BCUT2D eigenvalue weighted by Gasteiger charge is -2.33. The number of nitrogens with two attached hydrogens (primary N) is 1. The van der Waals surface area contributed by atoms with Crippen molar-refractivity contribution in [1.29, 1.82) is 0 Å². The zero-order chi connectivity index (χ0) is 12.2. The maximum Gasteiger partial charge on any atom is 0.330 e. The van der Waals surface area contributed by atoms with Crippen LogP contribution in [0.1, 0.15) is 6.92 Å². The average molecular weight is 245 g/mol. The summed E-state index contributed by atoms with van der Waals surface area (Å²) in [5.41, 5.74) is 0. The molecule has 1 fully saturated rings. The van der Waals surface area contributed by atoms with Crippen LogP contribution >= 0.6 is 0 Å². The van der Waals surface area contributed by atoms with Gasteiger partial charge in [0, 0.05) is 0 Å². The Morgan fingerprint density at radius 1 is 1.27 bits per heavy atom. The molecule has 9 heteroatoms. The van der Waals surface area contributed by atoms with Gasteiger partial charge in [0.25, 0.3) is 0 Å². The molecule has 0 aromatic rings. The number of aliphatic hydroxyl groups is 3. The highest BCUT2D eigenvalue weighted by Gasteiger charge is 2.34. The molecule has 1 aliphatic rings. The fraction of sp³-hybridized carbons (Fsp3) is 1.00. The predicted molar refractivity (Wildman–Crippen MR) is 49.2 cm³/mol. The van der Waals surface area contributed by atoms with Gasteiger partial charge in [0.1, 0.15) is 18.3 Å². The fourth-order valence-electron chi connectivity index (χ4n) is 0.953. The van der Waals surface area contributed by atoms with Gasteiger partial charge in [0.15, 0.2) is 0 Å². The van der Waals surface area contributed by atoms with Crippen LogP contribution in [0.15, 0.2) is 0 Å². The first-order valence-corrected chi connectivity index (χ1v) is 5.54. The third-order valence-corrected chi connectivity index (χ3v) is 1.75. The van der Waals surface area contributed by atoms with Crippen LogP contribution in [0.4, 0.5) is 0 Å². The van der Waals surface area contributed by atoms with E-state index in [-0.39, 0.29) is 6.61 Å². The molecule has 0 aliphatic carbocycles. The third kappa shape index (κ3) is 6.73. The zero-order valence-corrected chi connectivity index (χ0v) is 8.83. The Kier molecular flexibility index (Phi) is 5.59. The van der Waals surface area contributed by atoms with Crippen molar-refractivity contribution in [2.75, 3.05) is 6.61 Å². The lowest BCUT2D eigenvalue weighted by atomic mass is 10.0. The SMILES string of the molecule is C[C@H]1OC[C@H](O)[C@@H](O)[C@@H]1O.NS(=O)(=O)O. The van der Waals surface area contributed by atoms with Crippen LogP contribution in [-0.2, 0) is 15.0 Å². The average Bonchev–Trinajstić information content (AvgIpc) is 2.05. The Bertz CT molecular complexity index is 257. The van der Waals surface area contributed by atoms with Crippen molar-refractivity contribution < 1.29 is 33.0 Å². The van der Waals surface area contributed by atoms with Crippen molar-refractivity contribution in [3.63, 3.8) is 0 Å². The topological polar surface area (TPSA) is 150 Å². The zero-order valence-electron chi connectivity index (χ0n) is 8.02. The summed E-state index contributed by atoms with van der Waals surface area (Å²) in [7, 11) is -4.17. The van der Waals surface area contributed by atoms with Gasteiger partial charge >= 0.3 is 10.3 Å². The second-order valence-electron chi connectivity index (χ2n) is 3.10. The minimum absolute atomic E-state index is 0.0966. The van der Waals surface area contributed by atoms with E-state index in [4.69, 9.17) is 33.0 Å². The maximum absolute atomic E-state index is 9.08. The van der Waals surface area contributed by atoms with E-state index in [1.807, 2.05) is 0 Å². The van der Waals surface area contributed by atoms with Gasteiger partial charge in [0.2, 0.25) is 0 Å². The molecule has 6 N–H and O–H groups in total. The summed E-state index contributed by atoms with van der Waals surface area (Å²) in [5, 5.41) is 30.9. The fourth-order valence-corrected chi connectivity index (χ4v) is 0.953. The molecule has 4 atom stereocenters. The quantitative estimate of drug-likeness (QED) is 0.290. The van der Waals surface area contributed by atoms with Gasteiger partial charge in [-0.15, -0.1) is 0 Å². The first kappa shape index (κ1) is 14.7. The molecule has 0 aromatic heterocycles. The number of hydrogen-bond acceptors (Lipinski definition) is 6. The van der Waals surface area contributed by atoms with E-state index >= 15 is 0 Å². The van der Waals surface area contributed by atoms with Crippen molar-refractivity contribution in [3.05, 3.63) is 0 Å². The van der Waals surface area contributed by atoms with E-state index in [1.54, 1.807) is 6.92 Å². The summed E-state index contributed by atoms with van der Waals surface area (Å²) in [5.74, 6) is 0. The smallest absolute Gasteiger partial charge is 0.330 e. The van der Waals surface area contributed by atoms with E-state index in [2.05, 4.69) is 5.14 Å². The largest absolute Gasteiger partial charge is 0.388 e. The van der Waals surface area contributed by atoms with Gasteiger partial charge in [0.05, 0.1) is 12.7 Å². The Hall–Kier alpha value is -0.290. The van der Waals surface area contributed by atoms with Crippen molar-refractivity contribution in [2.24, 2.45) is 5.14 Å². The summed E-state index contributed by atoms with van der Waals surface area (Å²) < 4.78 is 30.1. The molecular formula is C6H15NO7S. The van der Waals surface area contributed by atoms with Crippen molar-refractivity contribution >= 4 is 10.3 Å². The molecule has 0 bridgehead atoms. The van der Waals surface area contributed by atoms with E-state index in [0.717, 1.165) is 0 Å². The van der Waals surface area contributed by atoms with Crippen LogP contribution < -0.4 is 5.14 Å². The van der Waals surface area contributed by atoms with Crippen LogP contribution in [-0.4, -0.2) is 59.3 Å². The predicted octanol–water partition coefficient (Wildman–Crippen LogP) is -2.76. The highest BCUT2D eigenvalue weighted by atomic mass is 32.2. The summed E-state index contributed by atoms with van der Waals surface area (Å²) >= 11 is 0. The van der Waals surface area contributed by atoms with Gasteiger partial charge in [-0.05, 0) is 6.92 Å².